The molecule has 0 radical (unpaired) electrons. The minimum atomic E-state index is -0.582. The molecule has 1 aliphatic carbocycles. The zero-order valence-electron chi connectivity index (χ0n) is 18.1. The molecule has 30 heavy (non-hydrogen) atoms. The van der Waals surface area contributed by atoms with Gasteiger partial charge in [0.2, 0.25) is 5.91 Å². The molecule has 1 aliphatic heterocycles. The van der Waals surface area contributed by atoms with Crippen LogP contribution < -0.4 is 11.1 Å². The van der Waals surface area contributed by atoms with E-state index in [0.717, 1.165) is 29.3 Å². The third kappa shape index (κ3) is 3.60. The van der Waals surface area contributed by atoms with Crippen molar-refractivity contribution in [2.75, 3.05) is 18.4 Å². The Kier molecular flexibility index (Phi) is 5.57. The highest BCUT2D eigenvalue weighted by atomic mass is 19.1. The highest BCUT2D eigenvalue weighted by molar-refractivity contribution is 5.80. The van der Waals surface area contributed by atoms with E-state index in [1.807, 2.05) is 18.7 Å². The van der Waals surface area contributed by atoms with E-state index in [-0.39, 0.29) is 18.3 Å². The van der Waals surface area contributed by atoms with Gasteiger partial charge in [-0.1, -0.05) is 19.8 Å². The average molecular weight is 414 g/mol. The number of carbonyl (C=O) groups excluding carboxylic acids is 1. The van der Waals surface area contributed by atoms with Crippen molar-refractivity contribution in [3.8, 4) is 11.3 Å². The van der Waals surface area contributed by atoms with Gasteiger partial charge in [-0.3, -0.25) is 4.79 Å². The number of rotatable bonds is 4. The van der Waals surface area contributed by atoms with Crippen molar-refractivity contribution in [2.45, 2.75) is 64.6 Å². The number of hydrogen-bond acceptors (Lipinski definition) is 4. The second kappa shape index (κ2) is 8.02. The largest absolute Gasteiger partial charge is 0.367 e. The molecule has 0 saturated heterocycles. The van der Waals surface area contributed by atoms with Gasteiger partial charge in [-0.05, 0) is 56.9 Å². The van der Waals surface area contributed by atoms with Crippen LogP contribution in [-0.2, 0) is 16.9 Å². The van der Waals surface area contributed by atoms with Crippen LogP contribution in [0.4, 0.5) is 10.2 Å². The standard InChI is InChI=1S/C23H32FN5O/c1-15-6-4-5-7-18(15)26-21-20(16-8-10-17(24)11-9-16)27-22-23(2,3)29(19(30)14-25)13-12-28(21)22/h8-11,15,18,26H,4-7,12-14,25H2,1-3H3. The van der Waals surface area contributed by atoms with Gasteiger partial charge in [0.25, 0.3) is 0 Å². The van der Waals surface area contributed by atoms with E-state index in [1.165, 1.54) is 31.4 Å². The molecule has 1 aromatic heterocycles. The lowest BCUT2D eigenvalue weighted by atomic mass is 9.86. The van der Waals surface area contributed by atoms with Gasteiger partial charge in [-0.15, -0.1) is 0 Å². The van der Waals surface area contributed by atoms with E-state index in [1.54, 1.807) is 12.1 Å². The maximum atomic E-state index is 13.6. The summed E-state index contributed by atoms with van der Waals surface area (Å²) in [6.45, 7) is 7.55. The predicted octanol–water partition coefficient (Wildman–Crippen LogP) is 3.72. The fourth-order valence-electron chi connectivity index (χ4n) is 4.95. The molecule has 7 heteroatoms. The number of imidazole rings is 1. The lowest BCUT2D eigenvalue weighted by molar-refractivity contribution is -0.137. The molecular formula is C23H32FN5O. The second-order valence-corrected chi connectivity index (χ2v) is 9.11. The van der Waals surface area contributed by atoms with Crippen LogP contribution in [0.15, 0.2) is 24.3 Å². The Morgan fingerprint density at radius 1 is 1.23 bits per heavy atom. The van der Waals surface area contributed by atoms with Crippen LogP contribution in [0.25, 0.3) is 11.3 Å². The SMILES string of the molecule is CC1CCCCC1Nc1c(-c2ccc(F)cc2)nc2n1CCN(C(=O)CN)C2(C)C. The van der Waals surface area contributed by atoms with Gasteiger partial charge in [0.1, 0.15) is 23.2 Å². The Morgan fingerprint density at radius 2 is 1.93 bits per heavy atom. The van der Waals surface area contributed by atoms with Gasteiger partial charge in [-0.25, -0.2) is 9.37 Å². The molecule has 1 aromatic carbocycles. The van der Waals surface area contributed by atoms with Gasteiger partial charge < -0.3 is 20.5 Å². The first-order valence-corrected chi connectivity index (χ1v) is 11.0. The lowest BCUT2D eigenvalue weighted by Crippen LogP contribution is -2.53. The average Bonchev–Trinajstić information content (AvgIpc) is 3.09. The first kappa shape index (κ1) is 20.8. The van der Waals surface area contributed by atoms with Crippen molar-refractivity contribution in [2.24, 2.45) is 11.7 Å². The van der Waals surface area contributed by atoms with Crippen LogP contribution in [-0.4, -0.2) is 39.5 Å². The highest BCUT2D eigenvalue weighted by Crippen LogP contribution is 2.40. The lowest BCUT2D eigenvalue weighted by Gasteiger charge is -2.42. The van der Waals surface area contributed by atoms with Crippen molar-refractivity contribution >= 4 is 11.7 Å². The summed E-state index contributed by atoms with van der Waals surface area (Å²) in [7, 11) is 0. The summed E-state index contributed by atoms with van der Waals surface area (Å²) in [6.07, 6.45) is 4.84. The van der Waals surface area contributed by atoms with Gasteiger partial charge >= 0.3 is 0 Å². The molecule has 2 atom stereocenters. The molecule has 0 bridgehead atoms. The Hall–Kier alpha value is -2.41. The second-order valence-electron chi connectivity index (χ2n) is 9.11. The Balaban J connectivity index is 1.80. The van der Waals surface area contributed by atoms with Crippen LogP contribution in [0.5, 0.6) is 0 Å². The van der Waals surface area contributed by atoms with Crippen LogP contribution in [0.2, 0.25) is 0 Å². The molecule has 1 saturated carbocycles. The molecule has 2 aromatic rings. The Morgan fingerprint density at radius 3 is 2.60 bits per heavy atom. The number of benzene rings is 1. The molecule has 4 rings (SSSR count). The van der Waals surface area contributed by atoms with Gasteiger partial charge in [-0.2, -0.15) is 0 Å². The summed E-state index contributed by atoms with van der Waals surface area (Å²) in [4.78, 5) is 19.3. The molecule has 3 N–H and O–H groups in total. The number of anilines is 1. The zero-order valence-corrected chi connectivity index (χ0v) is 18.1. The summed E-state index contributed by atoms with van der Waals surface area (Å²) in [5.41, 5.74) is 6.76. The molecular weight excluding hydrogens is 381 g/mol. The minimum absolute atomic E-state index is 0.0142. The van der Waals surface area contributed by atoms with Crippen LogP contribution in [0.3, 0.4) is 0 Å². The smallest absolute Gasteiger partial charge is 0.237 e. The topological polar surface area (TPSA) is 76.2 Å². The highest BCUT2D eigenvalue weighted by Gasteiger charge is 2.41. The van der Waals surface area contributed by atoms with E-state index in [2.05, 4.69) is 16.8 Å². The number of nitrogens with two attached hydrogens (primary N) is 1. The number of carbonyl (C=O) groups is 1. The number of amides is 1. The molecule has 2 heterocycles. The number of nitrogens with zero attached hydrogens (tertiary/aromatic N) is 3. The molecule has 6 nitrogen and oxygen atoms in total. The summed E-state index contributed by atoms with van der Waals surface area (Å²) >= 11 is 0. The third-order valence-electron chi connectivity index (χ3n) is 6.76. The molecule has 1 amide bonds. The molecule has 2 aliphatic rings. The summed E-state index contributed by atoms with van der Waals surface area (Å²) in [6, 6.07) is 6.86. The maximum Gasteiger partial charge on any atom is 0.237 e. The first-order valence-electron chi connectivity index (χ1n) is 11.0. The molecule has 2 unspecified atom stereocenters. The first-order chi connectivity index (χ1) is 14.3. The normalized spacial score (nSPS) is 23.2. The van der Waals surface area contributed by atoms with Gasteiger partial charge in [0.15, 0.2) is 0 Å². The maximum absolute atomic E-state index is 13.6. The van der Waals surface area contributed by atoms with Gasteiger partial charge in [0, 0.05) is 24.7 Å². The van der Waals surface area contributed by atoms with Crippen LogP contribution in [0, 0.1) is 11.7 Å². The molecule has 1 fully saturated rings. The number of fused-ring (bicyclic) bond motifs is 1. The van der Waals surface area contributed by atoms with Gasteiger partial charge in [0.05, 0.1) is 12.1 Å². The molecule has 0 spiro atoms. The summed E-state index contributed by atoms with van der Waals surface area (Å²) < 4.78 is 15.8. The van der Waals surface area contributed by atoms with Crippen molar-refractivity contribution in [3.05, 3.63) is 35.9 Å². The van der Waals surface area contributed by atoms with Crippen molar-refractivity contribution in [1.82, 2.24) is 14.5 Å². The fourth-order valence-corrected chi connectivity index (χ4v) is 4.95. The minimum Gasteiger partial charge on any atom is -0.367 e. The number of halogens is 1. The van der Waals surface area contributed by atoms with E-state index < -0.39 is 5.54 Å². The monoisotopic (exact) mass is 413 g/mol. The van der Waals surface area contributed by atoms with E-state index in [4.69, 9.17) is 10.7 Å². The van der Waals surface area contributed by atoms with Crippen molar-refractivity contribution < 1.29 is 9.18 Å². The van der Waals surface area contributed by atoms with E-state index in [0.29, 0.717) is 25.0 Å². The zero-order chi connectivity index (χ0) is 21.5. The number of hydrogen-bond donors (Lipinski definition) is 2. The third-order valence-corrected chi connectivity index (χ3v) is 6.76. The number of aromatic nitrogens is 2. The predicted molar refractivity (Wildman–Crippen MR) is 116 cm³/mol. The number of nitrogens with one attached hydrogen (secondary N) is 1. The van der Waals surface area contributed by atoms with Crippen LogP contribution in [0.1, 0.15) is 52.3 Å². The Bertz CT molecular complexity index is 920. The molecule has 162 valence electrons. The Labute approximate surface area is 177 Å². The summed E-state index contributed by atoms with van der Waals surface area (Å²) in [5.74, 6) is 2.05. The fraction of sp³-hybridized carbons (Fsp3) is 0.565. The van der Waals surface area contributed by atoms with Crippen molar-refractivity contribution in [1.29, 1.82) is 0 Å². The summed E-state index contributed by atoms with van der Waals surface area (Å²) in [5, 5.41) is 3.79. The van der Waals surface area contributed by atoms with Crippen molar-refractivity contribution in [3.63, 3.8) is 0 Å². The van der Waals surface area contributed by atoms with E-state index >= 15 is 0 Å². The quantitative estimate of drug-likeness (QED) is 0.801. The van der Waals surface area contributed by atoms with Crippen LogP contribution >= 0.6 is 0 Å². The van der Waals surface area contributed by atoms with E-state index in [9.17, 15) is 9.18 Å².